The molecule has 0 radical (unpaired) electrons. The average Bonchev–Trinajstić information content (AvgIpc) is 3.13. The summed E-state index contributed by atoms with van der Waals surface area (Å²) in [4.78, 5) is 50.8. The van der Waals surface area contributed by atoms with Crippen LogP contribution >= 0.6 is 0 Å². The molecule has 5 rings (SSSR count). The summed E-state index contributed by atoms with van der Waals surface area (Å²) in [6.45, 7) is 12.2. The standard InChI is InChI=1S/C27H34O9/c1-13-15-7-8-25(4)22(14-9-20(30)35-23(14)32)34-21(31)12-27(13,25)36-18-11-17(28)24(2,3)16(26(15,18)5)10-19(29)33-6/h9,15-16,18,22-23,32H,1,7-8,10-12H2,2-6H3/t15-,16-,18-,22-,23-,25-,26+,27-/m1/s1. The van der Waals surface area contributed by atoms with Gasteiger partial charge in [0, 0.05) is 40.7 Å². The number of esters is 3. The monoisotopic (exact) mass is 502 g/mol. The van der Waals surface area contributed by atoms with Gasteiger partial charge in [-0.05, 0) is 30.3 Å². The van der Waals surface area contributed by atoms with E-state index < -0.39 is 52.3 Å². The minimum atomic E-state index is -1.51. The van der Waals surface area contributed by atoms with Crippen molar-refractivity contribution in [1.29, 1.82) is 0 Å². The molecule has 1 N–H and O–H groups in total. The first-order valence-corrected chi connectivity index (χ1v) is 12.5. The van der Waals surface area contributed by atoms with Crippen molar-refractivity contribution in [3.63, 3.8) is 0 Å². The van der Waals surface area contributed by atoms with Crippen molar-refractivity contribution in [2.45, 2.75) is 83.9 Å². The Hall–Kier alpha value is -2.52. The molecule has 2 aliphatic carbocycles. The number of methoxy groups -OCH3 is 1. The molecule has 3 heterocycles. The van der Waals surface area contributed by atoms with Gasteiger partial charge < -0.3 is 24.1 Å². The highest BCUT2D eigenvalue weighted by molar-refractivity contribution is 5.88. The number of ketones is 1. The Kier molecular flexibility index (Phi) is 5.41. The summed E-state index contributed by atoms with van der Waals surface area (Å²) in [6.07, 6.45) is -0.510. The van der Waals surface area contributed by atoms with Gasteiger partial charge in [0.05, 0.1) is 19.6 Å². The molecule has 9 nitrogen and oxygen atoms in total. The van der Waals surface area contributed by atoms with Crippen LogP contribution in [0.2, 0.25) is 0 Å². The topological polar surface area (TPSA) is 125 Å². The predicted molar refractivity (Wildman–Crippen MR) is 124 cm³/mol. The smallest absolute Gasteiger partial charge is 0.333 e. The zero-order valence-corrected chi connectivity index (χ0v) is 21.4. The van der Waals surface area contributed by atoms with Crippen molar-refractivity contribution < 1.29 is 43.2 Å². The second kappa shape index (κ2) is 7.74. The molecule has 5 aliphatic rings. The number of hydrogen-bond acceptors (Lipinski definition) is 9. The zero-order valence-electron chi connectivity index (χ0n) is 21.4. The molecule has 0 aromatic rings. The Morgan fingerprint density at radius 2 is 1.89 bits per heavy atom. The van der Waals surface area contributed by atoms with Crippen LogP contribution in [0.5, 0.6) is 0 Å². The lowest BCUT2D eigenvalue weighted by Crippen LogP contribution is -2.74. The molecule has 0 unspecified atom stereocenters. The maximum absolute atomic E-state index is 13.4. The summed E-state index contributed by atoms with van der Waals surface area (Å²) >= 11 is 0. The van der Waals surface area contributed by atoms with Crippen molar-refractivity contribution in [1.82, 2.24) is 0 Å². The first-order chi connectivity index (χ1) is 16.7. The number of carbonyl (C=O) groups excluding carboxylic acids is 4. The number of ether oxygens (including phenoxy) is 4. The van der Waals surface area contributed by atoms with Gasteiger partial charge in [0.2, 0.25) is 6.29 Å². The fourth-order valence-corrected chi connectivity index (χ4v) is 8.08. The lowest BCUT2D eigenvalue weighted by Gasteiger charge is -2.70. The summed E-state index contributed by atoms with van der Waals surface area (Å²) in [6, 6.07) is 0. The van der Waals surface area contributed by atoms with Gasteiger partial charge in [0.25, 0.3) is 0 Å². The molecule has 2 saturated carbocycles. The van der Waals surface area contributed by atoms with E-state index in [1.807, 2.05) is 20.8 Å². The van der Waals surface area contributed by atoms with E-state index in [1.54, 1.807) is 0 Å². The molecule has 196 valence electrons. The van der Waals surface area contributed by atoms with Crippen LogP contribution < -0.4 is 0 Å². The Labute approximate surface area is 210 Å². The number of rotatable bonds is 3. The van der Waals surface area contributed by atoms with Crippen LogP contribution in [0.3, 0.4) is 0 Å². The van der Waals surface area contributed by atoms with E-state index in [0.717, 1.165) is 5.57 Å². The quantitative estimate of drug-likeness (QED) is 0.352. The maximum atomic E-state index is 13.4. The molecule has 1 spiro atoms. The summed E-state index contributed by atoms with van der Waals surface area (Å²) < 4.78 is 22.5. The van der Waals surface area contributed by atoms with Gasteiger partial charge in [-0.25, -0.2) is 4.79 Å². The maximum Gasteiger partial charge on any atom is 0.333 e. The van der Waals surface area contributed by atoms with Crippen molar-refractivity contribution in [2.75, 3.05) is 7.11 Å². The second-order valence-electron chi connectivity index (χ2n) is 12.0. The Morgan fingerprint density at radius 1 is 1.19 bits per heavy atom. The number of aliphatic hydroxyl groups is 1. The molecule has 4 fully saturated rings. The van der Waals surface area contributed by atoms with Crippen LogP contribution in [-0.4, -0.2) is 60.0 Å². The zero-order chi connectivity index (χ0) is 26.4. The third kappa shape index (κ3) is 3.02. The minimum absolute atomic E-state index is 0.00887. The first kappa shape index (κ1) is 25.1. The van der Waals surface area contributed by atoms with Gasteiger partial charge in [0.15, 0.2) is 0 Å². The van der Waals surface area contributed by atoms with Crippen LogP contribution in [0.4, 0.5) is 0 Å². The SMILES string of the molecule is C=C1[C@H]2CC[C@]3(C)[C@@H](C4=CC(=O)O[C@H]4O)OC(=O)C[C@@]13O[C@@H]1CC(=O)C(C)(C)[C@@H](CC(=O)OC)[C@]21C. The summed E-state index contributed by atoms with van der Waals surface area (Å²) in [5.74, 6) is -2.12. The first-order valence-electron chi connectivity index (χ1n) is 12.5. The van der Waals surface area contributed by atoms with E-state index in [4.69, 9.17) is 18.9 Å². The van der Waals surface area contributed by atoms with Crippen molar-refractivity contribution in [2.24, 2.45) is 28.1 Å². The molecule has 0 aromatic carbocycles. The molecule has 3 aliphatic heterocycles. The lowest BCUT2D eigenvalue weighted by molar-refractivity contribution is -0.294. The van der Waals surface area contributed by atoms with E-state index in [1.165, 1.54) is 13.2 Å². The number of hydrogen-bond donors (Lipinski definition) is 1. The molecule has 0 amide bonds. The predicted octanol–water partition coefficient (Wildman–Crippen LogP) is 2.40. The highest BCUT2D eigenvalue weighted by Crippen LogP contribution is 2.70. The molecular weight excluding hydrogens is 468 g/mol. The Balaban J connectivity index is 1.62. The van der Waals surface area contributed by atoms with Crippen LogP contribution in [0.25, 0.3) is 0 Å². The normalized spacial score (nSPS) is 45.2. The summed E-state index contributed by atoms with van der Waals surface area (Å²) in [7, 11) is 1.34. The molecule has 8 atom stereocenters. The third-order valence-electron chi connectivity index (χ3n) is 10.2. The van der Waals surface area contributed by atoms with Crippen molar-refractivity contribution >= 4 is 23.7 Å². The highest BCUT2D eigenvalue weighted by Gasteiger charge is 2.74. The number of Topliss-reactive ketones (excluding diaryl/α,β-unsaturated/α-hetero) is 1. The summed E-state index contributed by atoms with van der Waals surface area (Å²) in [5.41, 5.74) is -2.48. The molecule has 2 saturated heterocycles. The fourth-order valence-electron chi connectivity index (χ4n) is 8.08. The van der Waals surface area contributed by atoms with Crippen LogP contribution in [0.15, 0.2) is 23.8 Å². The van der Waals surface area contributed by atoms with Gasteiger partial charge in [-0.3, -0.25) is 14.4 Å². The fraction of sp³-hybridized carbons (Fsp3) is 0.704. The largest absolute Gasteiger partial charge is 0.469 e. The Bertz CT molecular complexity index is 1100. The van der Waals surface area contributed by atoms with Crippen molar-refractivity contribution in [3.05, 3.63) is 23.8 Å². The summed E-state index contributed by atoms with van der Waals surface area (Å²) in [5, 5.41) is 10.4. The molecule has 2 bridgehead atoms. The minimum Gasteiger partial charge on any atom is -0.469 e. The van der Waals surface area contributed by atoms with Crippen LogP contribution in [-0.2, 0) is 38.1 Å². The van der Waals surface area contributed by atoms with Gasteiger partial charge >= 0.3 is 17.9 Å². The molecule has 36 heavy (non-hydrogen) atoms. The van der Waals surface area contributed by atoms with Gasteiger partial charge in [0.1, 0.15) is 17.5 Å². The van der Waals surface area contributed by atoms with Crippen LogP contribution in [0, 0.1) is 28.1 Å². The van der Waals surface area contributed by atoms with Gasteiger partial charge in [-0.2, -0.15) is 0 Å². The number of cyclic esters (lactones) is 2. The Morgan fingerprint density at radius 3 is 2.50 bits per heavy atom. The van der Waals surface area contributed by atoms with E-state index >= 15 is 0 Å². The number of carbonyl (C=O) groups is 4. The lowest BCUT2D eigenvalue weighted by atomic mass is 9.41. The van der Waals surface area contributed by atoms with Gasteiger partial charge in [-0.15, -0.1) is 0 Å². The molecule has 0 aromatic heterocycles. The highest BCUT2D eigenvalue weighted by atomic mass is 16.6. The van der Waals surface area contributed by atoms with Crippen molar-refractivity contribution in [3.8, 4) is 0 Å². The average molecular weight is 503 g/mol. The molecular formula is C27H34O9. The molecule has 9 heteroatoms. The van der Waals surface area contributed by atoms with E-state index in [9.17, 15) is 24.3 Å². The third-order valence-corrected chi connectivity index (χ3v) is 10.2. The van der Waals surface area contributed by atoms with E-state index in [0.29, 0.717) is 12.8 Å². The van der Waals surface area contributed by atoms with E-state index in [-0.39, 0.29) is 48.4 Å². The van der Waals surface area contributed by atoms with Gasteiger partial charge in [-0.1, -0.05) is 34.3 Å². The number of fused-ring (bicyclic) bond motifs is 3. The van der Waals surface area contributed by atoms with Crippen LogP contribution in [0.1, 0.15) is 59.8 Å². The van der Waals surface area contributed by atoms with E-state index in [2.05, 4.69) is 13.5 Å². The second-order valence-corrected chi connectivity index (χ2v) is 12.0. The number of aliphatic hydroxyl groups excluding tert-OH is 1.